The summed E-state index contributed by atoms with van der Waals surface area (Å²) in [6.45, 7) is 9.63. The van der Waals surface area contributed by atoms with E-state index in [-0.39, 0.29) is 5.97 Å². The molecule has 12 heavy (non-hydrogen) atoms. The lowest BCUT2D eigenvalue weighted by Crippen LogP contribution is -2.32. The van der Waals surface area contributed by atoms with Crippen molar-refractivity contribution in [3.05, 3.63) is 12.2 Å². The molecule has 3 heteroatoms. The molecule has 0 aromatic carbocycles. The number of ether oxygens (including phenoxy) is 1. The van der Waals surface area contributed by atoms with Gasteiger partial charge in [0.15, 0.2) is 0 Å². The highest BCUT2D eigenvalue weighted by atomic mass is 79.9. The van der Waals surface area contributed by atoms with Crippen LogP contribution in [0.4, 0.5) is 0 Å². The quantitative estimate of drug-likeness (QED) is 0.425. The van der Waals surface area contributed by atoms with E-state index in [2.05, 4.69) is 22.5 Å². The molecule has 70 valence electrons. The highest BCUT2D eigenvalue weighted by molar-refractivity contribution is 9.09. The van der Waals surface area contributed by atoms with Crippen molar-refractivity contribution in [2.75, 3.05) is 11.9 Å². The first-order valence-corrected chi connectivity index (χ1v) is 5.00. The van der Waals surface area contributed by atoms with E-state index in [9.17, 15) is 4.79 Å². The monoisotopic (exact) mass is 234 g/mol. The third-order valence-electron chi connectivity index (χ3n) is 1.94. The molecule has 0 N–H and O–H groups in total. The first-order chi connectivity index (χ1) is 5.49. The molecule has 0 aliphatic rings. The fraction of sp³-hybridized carbons (Fsp3) is 0.667. The predicted octanol–water partition coefficient (Wildman–Crippen LogP) is 2.53. The van der Waals surface area contributed by atoms with Gasteiger partial charge in [0, 0.05) is 5.33 Å². The summed E-state index contributed by atoms with van der Waals surface area (Å²) in [5.74, 6) is -0.214. The predicted molar refractivity (Wildman–Crippen MR) is 53.3 cm³/mol. The first-order valence-electron chi connectivity index (χ1n) is 3.88. The minimum absolute atomic E-state index is 0.214. The normalized spacial score (nSPS) is 15.0. The van der Waals surface area contributed by atoms with Gasteiger partial charge in [-0.1, -0.05) is 28.1 Å². The molecule has 0 fully saturated rings. The van der Waals surface area contributed by atoms with E-state index in [0.717, 1.165) is 5.57 Å². The van der Waals surface area contributed by atoms with Gasteiger partial charge in [-0.15, -0.1) is 0 Å². The molecule has 0 aliphatic carbocycles. The molecule has 1 unspecified atom stereocenters. The summed E-state index contributed by atoms with van der Waals surface area (Å²) in [6.07, 6.45) is 0. The van der Waals surface area contributed by atoms with Crippen molar-refractivity contribution >= 4 is 21.9 Å². The van der Waals surface area contributed by atoms with Crippen molar-refractivity contribution in [3.8, 4) is 0 Å². The van der Waals surface area contributed by atoms with Gasteiger partial charge < -0.3 is 4.74 Å². The molecule has 0 aromatic heterocycles. The Bertz CT molecular complexity index is 189. The largest absolute Gasteiger partial charge is 0.465 e. The molecule has 0 aliphatic heterocycles. The van der Waals surface area contributed by atoms with Crippen molar-refractivity contribution in [1.82, 2.24) is 0 Å². The zero-order valence-electron chi connectivity index (χ0n) is 7.82. The molecule has 0 saturated carbocycles. The molecular weight excluding hydrogens is 220 g/mol. The van der Waals surface area contributed by atoms with E-state index in [4.69, 9.17) is 4.74 Å². The van der Waals surface area contributed by atoms with Gasteiger partial charge in [0.05, 0.1) is 12.0 Å². The summed E-state index contributed by atoms with van der Waals surface area (Å²) in [7, 11) is 0. The van der Waals surface area contributed by atoms with Crippen LogP contribution in [0.3, 0.4) is 0 Å². The van der Waals surface area contributed by atoms with Crippen LogP contribution in [0.25, 0.3) is 0 Å². The molecule has 0 heterocycles. The van der Waals surface area contributed by atoms with E-state index in [0.29, 0.717) is 11.9 Å². The summed E-state index contributed by atoms with van der Waals surface area (Å²) >= 11 is 3.28. The summed E-state index contributed by atoms with van der Waals surface area (Å²) in [6, 6.07) is 0. The van der Waals surface area contributed by atoms with Gasteiger partial charge in [0.25, 0.3) is 0 Å². The Hall–Kier alpha value is -0.310. The Balaban J connectivity index is 4.52. The number of carbonyl (C=O) groups is 1. The number of hydrogen-bond donors (Lipinski definition) is 0. The van der Waals surface area contributed by atoms with Crippen LogP contribution in [0.15, 0.2) is 12.2 Å². The molecule has 2 nitrogen and oxygen atoms in total. The van der Waals surface area contributed by atoms with Gasteiger partial charge in [-0.2, -0.15) is 0 Å². The first kappa shape index (κ1) is 11.7. The highest BCUT2D eigenvalue weighted by Crippen LogP contribution is 2.29. The minimum atomic E-state index is -0.587. The lowest BCUT2D eigenvalue weighted by molar-refractivity contribution is -0.150. The molecule has 0 radical (unpaired) electrons. The number of alkyl halides is 1. The third kappa shape index (κ3) is 2.34. The van der Waals surface area contributed by atoms with E-state index in [1.165, 1.54) is 0 Å². The van der Waals surface area contributed by atoms with Crippen LogP contribution in [-0.2, 0) is 9.53 Å². The van der Waals surface area contributed by atoms with Crippen LogP contribution in [0.2, 0.25) is 0 Å². The molecular formula is C9H15BrO2. The maximum Gasteiger partial charge on any atom is 0.316 e. The topological polar surface area (TPSA) is 26.3 Å². The fourth-order valence-electron chi connectivity index (χ4n) is 0.633. The molecule has 0 spiro atoms. The van der Waals surface area contributed by atoms with Crippen molar-refractivity contribution in [1.29, 1.82) is 0 Å². The van der Waals surface area contributed by atoms with E-state index in [1.54, 1.807) is 6.92 Å². The lowest BCUT2D eigenvalue weighted by Gasteiger charge is -2.24. The van der Waals surface area contributed by atoms with Crippen LogP contribution < -0.4 is 0 Å². The molecule has 0 bridgehead atoms. The zero-order valence-corrected chi connectivity index (χ0v) is 9.40. The van der Waals surface area contributed by atoms with Gasteiger partial charge in [0.2, 0.25) is 0 Å². The van der Waals surface area contributed by atoms with Gasteiger partial charge in [-0.05, 0) is 20.8 Å². The SMILES string of the molecule is C=C(C)C(C)(CBr)C(=O)OCC. The van der Waals surface area contributed by atoms with E-state index < -0.39 is 5.41 Å². The van der Waals surface area contributed by atoms with Crippen LogP contribution >= 0.6 is 15.9 Å². The Morgan fingerprint density at radius 2 is 2.17 bits per heavy atom. The Morgan fingerprint density at radius 1 is 1.67 bits per heavy atom. The van der Waals surface area contributed by atoms with Crippen LogP contribution in [0.1, 0.15) is 20.8 Å². The number of hydrogen-bond acceptors (Lipinski definition) is 2. The highest BCUT2D eigenvalue weighted by Gasteiger charge is 2.34. The Labute approximate surface area is 82.1 Å². The average Bonchev–Trinajstić information content (AvgIpc) is 2.03. The maximum absolute atomic E-state index is 11.4. The smallest absolute Gasteiger partial charge is 0.316 e. The Morgan fingerprint density at radius 3 is 2.42 bits per heavy atom. The molecule has 0 amide bonds. The second kappa shape index (κ2) is 4.65. The van der Waals surface area contributed by atoms with E-state index >= 15 is 0 Å². The molecule has 0 aromatic rings. The lowest BCUT2D eigenvalue weighted by atomic mass is 9.86. The minimum Gasteiger partial charge on any atom is -0.465 e. The standard InChI is InChI=1S/C9H15BrO2/c1-5-12-8(11)9(4,6-10)7(2)3/h2,5-6H2,1,3-4H3. The van der Waals surface area contributed by atoms with Gasteiger partial charge >= 0.3 is 5.97 Å². The summed E-state index contributed by atoms with van der Waals surface area (Å²) in [5.41, 5.74) is 0.230. The van der Waals surface area contributed by atoms with E-state index in [1.807, 2.05) is 13.8 Å². The average molecular weight is 235 g/mol. The van der Waals surface area contributed by atoms with Crippen molar-refractivity contribution in [3.63, 3.8) is 0 Å². The second-order valence-electron chi connectivity index (χ2n) is 2.97. The summed E-state index contributed by atoms with van der Waals surface area (Å²) in [4.78, 5) is 11.4. The van der Waals surface area contributed by atoms with Gasteiger partial charge in [-0.3, -0.25) is 4.79 Å². The van der Waals surface area contributed by atoms with Gasteiger partial charge in [-0.25, -0.2) is 0 Å². The van der Waals surface area contributed by atoms with Gasteiger partial charge in [0.1, 0.15) is 0 Å². The van der Waals surface area contributed by atoms with Crippen molar-refractivity contribution in [2.24, 2.45) is 5.41 Å². The van der Waals surface area contributed by atoms with Crippen LogP contribution in [-0.4, -0.2) is 17.9 Å². The second-order valence-corrected chi connectivity index (χ2v) is 3.53. The maximum atomic E-state index is 11.4. The fourth-order valence-corrected chi connectivity index (χ4v) is 1.34. The third-order valence-corrected chi connectivity index (χ3v) is 3.06. The zero-order chi connectivity index (χ0) is 9.78. The number of rotatable bonds is 4. The number of carbonyl (C=O) groups excluding carboxylic acids is 1. The van der Waals surface area contributed by atoms with Crippen molar-refractivity contribution in [2.45, 2.75) is 20.8 Å². The molecule has 0 saturated heterocycles. The van der Waals surface area contributed by atoms with Crippen molar-refractivity contribution < 1.29 is 9.53 Å². The molecule has 1 atom stereocenters. The number of esters is 1. The summed E-state index contributed by atoms with van der Waals surface area (Å²) in [5, 5.41) is 0.550. The summed E-state index contributed by atoms with van der Waals surface area (Å²) < 4.78 is 4.93. The number of halogens is 1. The van der Waals surface area contributed by atoms with Crippen LogP contribution in [0, 0.1) is 5.41 Å². The van der Waals surface area contributed by atoms with Crippen LogP contribution in [0.5, 0.6) is 0 Å². The Kier molecular flexibility index (Phi) is 4.53. The molecule has 0 rings (SSSR count).